The van der Waals surface area contributed by atoms with E-state index in [2.05, 4.69) is 42.2 Å². The number of hydrogen-bond acceptors (Lipinski definition) is 3. The minimum absolute atomic E-state index is 0.141. The molecule has 3 rings (SSSR count). The van der Waals surface area contributed by atoms with E-state index in [0.717, 1.165) is 9.86 Å². The van der Waals surface area contributed by atoms with Gasteiger partial charge in [-0.2, -0.15) is 0 Å². The van der Waals surface area contributed by atoms with Crippen LogP contribution in [0.3, 0.4) is 0 Å². The van der Waals surface area contributed by atoms with Crippen LogP contribution in [0.15, 0.2) is 54.7 Å². The number of anilines is 1. The average molecular weight is 412 g/mol. The number of nitrogens with one attached hydrogen (secondary N) is 2. The minimum atomic E-state index is -0.481. The fourth-order valence-corrected chi connectivity index (χ4v) is 2.58. The molecule has 0 atom stereocenters. The van der Waals surface area contributed by atoms with Gasteiger partial charge in [-0.1, -0.05) is 15.9 Å². The Morgan fingerprint density at radius 2 is 1.95 bits per heavy atom. The molecule has 0 aliphatic rings. The van der Waals surface area contributed by atoms with E-state index in [4.69, 9.17) is 4.42 Å². The van der Waals surface area contributed by atoms with Gasteiger partial charge in [-0.15, -0.1) is 0 Å². The molecular formula is C14H8Br2N2O3. The third kappa shape index (κ3) is 2.93. The highest BCUT2D eigenvalue weighted by Gasteiger charge is 2.14. The van der Waals surface area contributed by atoms with Gasteiger partial charge >= 0.3 is 0 Å². The number of aromatic amines is 1. The Morgan fingerprint density at radius 3 is 2.76 bits per heavy atom. The van der Waals surface area contributed by atoms with Gasteiger partial charge in [0.25, 0.3) is 11.5 Å². The summed E-state index contributed by atoms with van der Waals surface area (Å²) in [5, 5.41) is 3.33. The number of halogens is 2. The molecule has 0 unspecified atom stereocenters. The van der Waals surface area contributed by atoms with Gasteiger partial charge in [0.1, 0.15) is 11.3 Å². The second-order valence-electron chi connectivity index (χ2n) is 4.31. The minimum Gasteiger partial charge on any atom is -0.451 e. The second-order valence-corrected chi connectivity index (χ2v) is 6.14. The van der Waals surface area contributed by atoms with Gasteiger partial charge in [-0.25, -0.2) is 0 Å². The van der Waals surface area contributed by atoms with Crippen LogP contribution < -0.4 is 10.9 Å². The van der Waals surface area contributed by atoms with Crippen molar-refractivity contribution in [1.82, 2.24) is 4.98 Å². The molecule has 0 radical (unpaired) electrons. The quantitative estimate of drug-likeness (QED) is 0.671. The van der Waals surface area contributed by atoms with Crippen molar-refractivity contribution in [1.29, 1.82) is 0 Å². The van der Waals surface area contributed by atoms with E-state index in [1.54, 1.807) is 12.1 Å². The fraction of sp³-hybridized carbons (Fsp3) is 0. The average Bonchev–Trinajstić information content (AvgIpc) is 2.86. The molecule has 2 N–H and O–H groups in total. The molecule has 106 valence electrons. The van der Waals surface area contributed by atoms with Gasteiger partial charge in [0.05, 0.1) is 0 Å². The highest BCUT2D eigenvalue weighted by atomic mass is 79.9. The smallest absolute Gasteiger partial charge is 0.291 e. The van der Waals surface area contributed by atoms with Crippen molar-refractivity contribution in [3.05, 3.63) is 61.6 Å². The molecule has 0 fully saturated rings. The van der Waals surface area contributed by atoms with Crippen LogP contribution in [-0.2, 0) is 0 Å². The lowest BCUT2D eigenvalue weighted by molar-refractivity contribution is 0.0998. The van der Waals surface area contributed by atoms with Crippen LogP contribution in [-0.4, -0.2) is 10.9 Å². The Labute approximate surface area is 135 Å². The summed E-state index contributed by atoms with van der Waals surface area (Å²) in [4.78, 5) is 26.3. The van der Waals surface area contributed by atoms with Crippen LogP contribution in [0.1, 0.15) is 10.6 Å². The zero-order chi connectivity index (χ0) is 15.0. The Morgan fingerprint density at radius 1 is 1.14 bits per heavy atom. The van der Waals surface area contributed by atoms with Crippen molar-refractivity contribution in [2.75, 3.05) is 5.32 Å². The Bertz CT molecular complexity index is 899. The molecule has 0 saturated carbocycles. The predicted octanol–water partition coefficient (Wildman–Crippen LogP) is 3.90. The van der Waals surface area contributed by atoms with Crippen LogP contribution >= 0.6 is 31.9 Å². The number of carbonyl (C=O) groups excluding carboxylic acids is 1. The Kier molecular flexibility index (Phi) is 3.69. The van der Waals surface area contributed by atoms with Gasteiger partial charge in [0.15, 0.2) is 5.76 Å². The van der Waals surface area contributed by atoms with Gasteiger partial charge in [0.2, 0.25) is 0 Å². The van der Waals surface area contributed by atoms with Crippen LogP contribution in [0.2, 0.25) is 0 Å². The number of pyridine rings is 1. The van der Waals surface area contributed by atoms with Crippen LogP contribution in [0.5, 0.6) is 0 Å². The number of carbonyl (C=O) groups is 1. The van der Waals surface area contributed by atoms with E-state index in [1.807, 2.05) is 12.1 Å². The molecule has 7 heteroatoms. The molecule has 2 aromatic heterocycles. The highest BCUT2D eigenvalue weighted by molar-refractivity contribution is 9.10. The van der Waals surface area contributed by atoms with Gasteiger partial charge < -0.3 is 14.7 Å². The molecule has 1 aromatic carbocycles. The number of fused-ring (bicyclic) bond motifs is 1. The van der Waals surface area contributed by atoms with E-state index in [-0.39, 0.29) is 17.0 Å². The summed E-state index contributed by atoms with van der Waals surface area (Å²) in [5.41, 5.74) is 0.368. The number of aromatic nitrogens is 1. The Balaban J connectivity index is 1.93. The molecule has 5 nitrogen and oxygen atoms in total. The largest absolute Gasteiger partial charge is 0.451 e. The van der Waals surface area contributed by atoms with Gasteiger partial charge in [-0.05, 0) is 46.3 Å². The third-order valence-electron chi connectivity index (χ3n) is 2.82. The normalized spacial score (nSPS) is 10.8. The maximum absolute atomic E-state index is 12.1. The van der Waals surface area contributed by atoms with Crippen LogP contribution in [0.4, 0.5) is 5.69 Å². The van der Waals surface area contributed by atoms with Crippen molar-refractivity contribution in [2.45, 2.75) is 0 Å². The van der Waals surface area contributed by atoms with E-state index >= 15 is 0 Å². The molecule has 3 aromatic rings. The highest BCUT2D eigenvalue weighted by Crippen LogP contribution is 2.23. The predicted molar refractivity (Wildman–Crippen MR) is 86.6 cm³/mol. The zero-order valence-corrected chi connectivity index (χ0v) is 13.6. The molecular weight excluding hydrogens is 404 g/mol. The molecule has 0 bridgehead atoms. The lowest BCUT2D eigenvalue weighted by Crippen LogP contribution is -2.19. The summed E-state index contributed by atoms with van der Waals surface area (Å²) in [6.07, 6.45) is 1.50. The van der Waals surface area contributed by atoms with Crippen LogP contribution in [0.25, 0.3) is 11.0 Å². The van der Waals surface area contributed by atoms with Crippen molar-refractivity contribution in [3.8, 4) is 0 Å². The first-order valence-corrected chi connectivity index (χ1v) is 7.50. The van der Waals surface area contributed by atoms with E-state index < -0.39 is 5.91 Å². The van der Waals surface area contributed by atoms with Crippen molar-refractivity contribution < 1.29 is 9.21 Å². The summed E-state index contributed by atoms with van der Waals surface area (Å²) >= 11 is 6.59. The maximum atomic E-state index is 12.1. The maximum Gasteiger partial charge on any atom is 0.291 e. The first-order valence-electron chi connectivity index (χ1n) is 5.91. The van der Waals surface area contributed by atoms with Crippen molar-refractivity contribution >= 4 is 54.4 Å². The molecule has 0 spiro atoms. The van der Waals surface area contributed by atoms with Crippen molar-refractivity contribution in [3.63, 3.8) is 0 Å². The number of H-pyrrole nitrogens is 1. The first kappa shape index (κ1) is 14.1. The lowest BCUT2D eigenvalue weighted by Gasteiger charge is -2.02. The summed E-state index contributed by atoms with van der Waals surface area (Å²) in [6.45, 7) is 0. The molecule has 0 saturated heterocycles. The Hall–Kier alpha value is -1.86. The van der Waals surface area contributed by atoms with Gasteiger partial charge in [0, 0.05) is 20.5 Å². The van der Waals surface area contributed by atoms with E-state index in [9.17, 15) is 9.59 Å². The fourth-order valence-electron chi connectivity index (χ4n) is 1.86. The van der Waals surface area contributed by atoms with Crippen LogP contribution in [0, 0.1) is 0 Å². The third-order valence-corrected chi connectivity index (χ3v) is 3.77. The molecule has 0 aliphatic heterocycles. The number of furan rings is 1. The molecule has 1 amide bonds. The topological polar surface area (TPSA) is 75.1 Å². The SMILES string of the molecule is O=C(Nc1cc(Br)c[nH]c1=O)c1cc2cc(Br)ccc2o1. The number of amides is 1. The second kappa shape index (κ2) is 5.50. The zero-order valence-electron chi connectivity index (χ0n) is 10.4. The monoisotopic (exact) mass is 410 g/mol. The summed E-state index contributed by atoms with van der Waals surface area (Å²) in [5.74, 6) is -0.339. The standard InChI is InChI=1S/C14H8Br2N2O3/c15-8-1-2-11-7(3-8)4-12(21-11)14(20)18-10-5-9(16)6-17-13(10)19/h1-6H,(H,17,19)(H,18,20). The summed E-state index contributed by atoms with van der Waals surface area (Å²) in [7, 11) is 0. The lowest BCUT2D eigenvalue weighted by atomic mass is 10.2. The number of benzene rings is 1. The van der Waals surface area contributed by atoms with Gasteiger partial charge in [-0.3, -0.25) is 9.59 Å². The summed E-state index contributed by atoms with van der Waals surface area (Å²) in [6, 6.07) is 8.59. The van der Waals surface area contributed by atoms with Crippen molar-refractivity contribution in [2.24, 2.45) is 0 Å². The first-order chi connectivity index (χ1) is 10.0. The molecule has 0 aliphatic carbocycles. The van der Waals surface area contributed by atoms with E-state index in [0.29, 0.717) is 10.1 Å². The number of hydrogen-bond donors (Lipinski definition) is 2. The molecule has 21 heavy (non-hydrogen) atoms. The molecule has 2 heterocycles. The number of rotatable bonds is 2. The summed E-state index contributed by atoms with van der Waals surface area (Å²) < 4.78 is 7.02. The van der Waals surface area contributed by atoms with E-state index in [1.165, 1.54) is 12.3 Å².